The predicted octanol–water partition coefficient (Wildman–Crippen LogP) is 1.70. The quantitative estimate of drug-likeness (QED) is 0.803. The van der Waals surface area contributed by atoms with E-state index in [0.29, 0.717) is 5.82 Å². The predicted molar refractivity (Wildman–Crippen MR) is 69.3 cm³/mol. The number of rotatable bonds is 0. The van der Waals surface area contributed by atoms with Gasteiger partial charge in [0.25, 0.3) is 0 Å². The lowest BCUT2D eigenvalue weighted by Crippen LogP contribution is -2.26. The largest absolute Gasteiger partial charge is 0.383 e. The molecule has 0 amide bonds. The van der Waals surface area contributed by atoms with E-state index in [1.807, 2.05) is 6.21 Å². The van der Waals surface area contributed by atoms with Crippen LogP contribution in [0.25, 0.3) is 11.0 Å². The van der Waals surface area contributed by atoms with Gasteiger partial charge < -0.3 is 10.3 Å². The van der Waals surface area contributed by atoms with E-state index < -0.39 is 0 Å². The highest BCUT2D eigenvalue weighted by molar-refractivity contribution is 9.10. The second kappa shape index (κ2) is 2.87. The van der Waals surface area contributed by atoms with E-state index in [2.05, 4.69) is 35.5 Å². The van der Waals surface area contributed by atoms with Gasteiger partial charge in [-0.15, -0.1) is 0 Å². The molecule has 0 unspecified atom stereocenters. The zero-order valence-electron chi connectivity index (χ0n) is 9.02. The summed E-state index contributed by atoms with van der Waals surface area (Å²) in [7, 11) is 0. The van der Waals surface area contributed by atoms with Gasteiger partial charge in [0.1, 0.15) is 17.8 Å². The summed E-state index contributed by atoms with van der Waals surface area (Å²) >= 11 is 3.60. The molecule has 0 atom stereocenters. The van der Waals surface area contributed by atoms with E-state index in [1.54, 1.807) is 0 Å². The molecule has 1 aliphatic heterocycles. The molecule has 86 valence electrons. The van der Waals surface area contributed by atoms with Gasteiger partial charge in [0, 0.05) is 6.21 Å². The number of hydrogen-bond donors (Lipinski definition) is 1. The van der Waals surface area contributed by atoms with Crippen LogP contribution in [0.15, 0.2) is 15.8 Å². The molecule has 6 heteroatoms. The number of nitrogen functional groups attached to an aromatic ring is 1. The summed E-state index contributed by atoms with van der Waals surface area (Å²) in [5, 5.41) is 0.905. The number of hydrogen-bond acceptors (Lipinski definition) is 4. The molecule has 2 N–H and O–H groups in total. The summed E-state index contributed by atoms with van der Waals surface area (Å²) in [6.07, 6.45) is 5.75. The second-order valence-corrected chi connectivity index (χ2v) is 5.48. The van der Waals surface area contributed by atoms with E-state index in [-0.39, 0.29) is 5.54 Å². The van der Waals surface area contributed by atoms with Crippen molar-refractivity contribution in [1.29, 1.82) is 0 Å². The zero-order valence-corrected chi connectivity index (χ0v) is 10.6. The van der Waals surface area contributed by atoms with Gasteiger partial charge in [-0.3, -0.25) is 4.99 Å². The maximum atomic E-state index is 5.94. The second-order valence-electron chi connectivity index (χ2n) is 4.69. The number of aromatic nitrogens is 3. The van der Waals surface area contributed by atoms with Crippen LogP contribution < -0.4 is 5.73 Å². The van der Waals surface area contributed by atoms with E-state index in [0.717, 1.165) is 40.6 Å². The highest BCUT2D eigenvalue weighted by atomic mass is 79.9. The molecule has 3 heterocycles. The first kappa shape index (κ1) is 9.58. The monoisotopic (exact) mass is 291 g/mol. The molecule has 2 aromatic heterocycles. The summed E-state index contributed by atoms with van der Waals surface area (Å²) in [4.78, 5) is 12.9. The number of halogens is 1. The lowest BCUT2D eigenvalue weighted by atomic mass is 10.2. The summed E-state index contributed by atoms with van der Waals surface area (Å²) in [6.45, 7) is 0.847. The smallest absolute Gasteiger partial charge is 0.147 e. The van der Waals surface area contributed by atoms with Crippen LogP contribution in [0.1, 0.15) is 18.5 Å². The van der Waals surface area contributed by atoms with Gasteiger partial charge in [-0.1, -0.05) is 0 Å². The SMILES string of the molecule is Nc1ncnc2c1c(Br)c1n2C2(CC2)CN=C1. The standard InChI is InChI=1S/C11H10BrN5/c12-8-6-3-14-4-11(1-2-11)17(6)10-7(8)9(13)15-5-16-10/h3,5H,1-2,4H2,(H2,13,15,16). The molecule has 2 aromatic rings. The minimum atomic E-state index is 0.148. The first-order valence-corrected chi connectivity index (χ1v) is 6.33. The number of aliphatic imine (C=N–C) groups is 1. The fourth-order valence-electron chi connectivity index (χ4n) is 2.60. The number of nitrogens with zero attached hydrogens (tertiary/aromatic N) is 4. The van der Waals surface area contributed by atoms with Gasteiger partial charge >= 0.3 is 0 Å². The molecule has 1 fully saturated rings. The van der Waals surface area contributed by atoms with Crippen LogP contribution in [0.2, 0.25) is 0 Å². The van der Waals surface area contributed by atoms with Crippen LogP contribution in [0.5, 0.6) is 0 Å². The van der Waals surface area contributed by atoms with Gasteiger partial charge in [0.15, 0.2) is 0 Å². The third kappa shape index (κ3) is 1.06. The molecule has 1 saturated carbocycles. The van der Waals surface area contributed by atoms with Crippen LogP contribution in [-0.4, -0.2) is 27.3 Å². The minimum Gasteiger partial charge on any atom is -0.383 e. The third-order valence-electron chi connectivity index (χ3n) is 3.65. The van der Waals surface area contributed by atoms with Crippen molar-refractivity contribution in [3.63, 3.8) is 0 Å². The Bertz CT molecular complexity index is 668. The van der Waals surface area contributed by atoms with Crippen LogP contribution in [-0.2, 0) is 5.54 Å². The number of fused-ring (bicyclic) bond motifs is 4. The first-order valence-electron chi connectivity index (χ1n) is 5.54. The molecule has 17 heavy (non-hydrogen) atoms. The number of nitrogens with two attached hydrogens (primary N) is 1. The highest BCUT2D eigenvalue weighted by Crippen LogP contribution is 2.50. The fraction of sp³-hybridized carbons (Fsp3) is 0.364. The van der Waals surface area contributed by atoms with Crippen molar-refractivity contribution in [3.8, 4) is 0 Å². The lowest BCUT2D eigenvalue weighted by Gasteiger charge is -2.21. The van der Waals surface area contributed by atoms with Crippen molar-refractivity contribution in [2.24, 2.45) is 4.99 Å². The van der Waals surface area contributed by atoms with E-state index in [9.17, 15) is 0 Å². The molecule has 0 saturated heterocycles. The van der Waals surface area contributed by atoms with Crippen molar-refractivity contribution < 1.29 is 0 Å². The van der Waals surface area contributed by atoms with Crippen LogP contribution >= 0.6 is 15.9 Å². The van der Waals surface area contributed by atoms with Crippen LogP contribution in [0.4, 0.5) is 5.82 Å². The van der Waals surface area contributed by atoms with Crippen LogP contribution in [0, 0.1) is 0 Å². The lowest BCUT2D eigenvalue weighted by molar-refractivity contribution is 0.495. The topological polar surface area (TPSA) is 69.1 Å². The number of anilines is 1. The van der Waals surface area contributed by atoms with Gasteiger partial charge in [-0.05, 0) is 28.8 Å². The first-order chi connectivity index (χ1) is 8.23. The van der Waals surface area contributed by atoms with Gasteiger partial charge in [-0.25, -0.2) is 9.97 Å². The zero-order chi connectivity index (χ0) is 11.6. The molecule has 1 aliphatic carbocycles. The fourth-order valence-corrected chi connectivity index (χ4v) is 3.26. The average molecular weight is 292 g/mol. The Morgan fingerprint density at radius 3 is 2.94 bits per heavy atom. The van der Waals surface area contributed by atoms with E-state index in [1.165, 1.54) is 6.33 Å². The molecule has 0 radical (unpaired) electrons. The Hall–Kier alpha value is -1.43. The maximum Gasteiger partial charge on any atom is 0.147 e. The van der Waals surface area contributed by atoms with E-state index in [4.69, 9.17) is 5.73 Å². The molecule has 0 bridgehead atoms. The Morgan fingerprint density at radius 1 is 1.35 bits per heavy atom. The van der Waals surface area contributed by atoms with E-state index >= 15 is 0 Å². The minimum absolute atomic E-state index is 0.148. The Balaban J connectivity index is 2.21. The normalized spacial score (nSPS) is 19.8. The molecular weight excluding hydrogens is 282 g/mol. The Labute approximate surface area is 106 Å². The summed E-state index contributed by atoms with van der Waals surface area (Å²) < 4.78 is 3.23. The molecule has 2 aliphatic rings. The third-order valence-corrected chi connectivity index (χ3v) is 4.46. The summed E-state index contributed by atoms with van der Waals surface area (Å²) in [6, 6.07) is 0. The van der Waals surface area contributed by atoms with Crippen molar-refractivity contribution >= 4 is 39.0 Å². The van der Waals surface area contributed by atoms with Gasteiger partial charge in [0.2, 0.25) is 0 Å². The van der Waals surface area contributed by atoms with Crippen molar-refractivity contribution in [2.45, 2.75) is 18.4 Å². The molecule has 0 aromatic carbocycles. The molecule has 5 nitrogen and oxygen atoms in total. The Morgan fingerprint density at radius 2 is 2.18 bits per heavy atom. The van der Waals surface area contributed by atoms with Gasteiger partial charge in [-0.2, -0.15) is 0 Å². The molecular formula is C11H10BrN5. The summed E-state index contributed by atoms with van der Waals surface area (Å²) in [5.41, 5.74) is 8.07. The van der Waals surface area contributed by atoms with Gasteiger partial charge in [0.05, 0.1) is 27.6 Å². The maximum absolute atomic E-state index is 5.94. The van der Waals surface area contributed by atoms with Crippen LogP contribution in [0.3, 0.4) is 0 Å². The summed E-state index contributed by atoms with van der Waals surface area (Å²) in [5.74, 6) is 0.521. The van der Waals surface area contributed by atoms with Crippen molar-refractivity contribution in [2.75, 3.05) is 12.3 Å². The Kier molecular flexibility index (Phi) is 1.62. The van der Waals surface area contributed by atoms with Crippen molar-refractivity contribution in [3.05, 3.63) is 16.5 Å². The van der Waals surface area contributed by atoms with Crippen molar-refractivity contribution in [1.82, 2.24) is 14.5 Å². The molecule has 1 spiro atoms. The highest BCUT2D eigenvalue weighted by Gasteiger charge is 2.48. The molecule has 4 rings (SSSR count). The average Bonchev–Trinajstić information content (AvgIpc) is 3.01.